The first-order valence-corrected chi connectivity index (χ1v) is 6.33. The smallest absolute Gasteiger partial charge is 0.241 e. The third-order valence-corrected chi connectivity index (χ3v) is 4.13. The fraction of sp³-hybridized carbons (Fsp3) is 0.538. The van der Waals surface area contributed by atoms with Crippen LogP contribution in [-0.2, 0) is 4.79 Å². The molecule has 5 nitrogen and oxygen atoms in total. The van der Waals surface area contributed by atoms with Gasteiger partial charge >= 0.3 is 0 Å². The van der Waals surface area contributed by atoms with E-state index < -0.39 is 0 Å². The zero-order valence-corrected chi connectivity index (χ0v) is 10.5. The molecule has 2 aliphatic heterocycles. The molecule has 3 rings (SSSR count). The van der Waals surface area contributed by atoms with Gasteiger partial charge in [-0.25, -0.2) is 0 Å². The molecule has 18 heavy (non-hydrogen) atoms. The molecule has 0 spiro atoms. The summed E-state index contributed by atoms with van der Waals surface area (Å²) in [5.74, 6) is -0.302. The van der Waals surface area contributed by atoms with Gasteiger partial charge in [-0.2, -0.15) is 0 Å². The minimum absolute atomic E-state index is 0.302. The predicted molar refractivity (Wildman–Crippen MR) is 67.7 cm³/mol. The molecule has 1 amide bonds. The second kappa shape index (κ2) is 4.33. The molecule has 2 N–H and O–H groups in total. The minimum atomic E-state index is -0.380. The number of carbonyl (C=O) groups is 1. The summed E-state index contributed by atoms with van der Waals surface area (Å²) in [6.07, 6.45) is 2.85. The molecule has 0 radical (unpaired) electrons. The SMILES string of the molecule is CN1C[C@H]2C[C@@H]1CN2C(C(N)=O)c1ccccn1. The number of pyridine rings is 1. The Kier molecular flexibility index (Phi) is 2.80. The van der Waals surface area contributed by atoms with Crippen LogP contribution < -0.4 is 5.73 Å². The maximum atomic E-state index is 11.8. The number of fused-ring (bicyclic) bond motifs is 2. The lowest BCUT2D eigenvalue weighted by atomic mass is 10.1. The van der Waals surface area contributed by atoms with E-state index in [9.17, 15) is 4.79 Å². The highest BCUT2D eigenvalue weighted by atomic mass is 16.1. The highest BCUT2D eigenvalue weighted by Gasteiger charge is 2.46. The van der Waals surface area contributed by atoms with Crippen molar-refractivity contribution in [3.8, 4) is 0 Å². The molecule has 5 heteroatoms. The standard InChI is InChI=1S/C13H18N4O/c1-16-7-10-6-9(16)8-17(10)12(13(14)18)11-4-2-3-5-15-11/h2-5,9-10,12H,6-8H2,1H3,(H2,14,18)/t9-,10-,12?/m1/s1. The highest BCUT2D eigenvalue weighted by Crippen LogP contribution is 2.35. The van der Waals surface area contributed by atoms with Crippen molar-refractivity contribution in [3.05, 3.63) is 30.1 Å². The van der Waals surface area contributed by atoms with Crippen molar-refractivity contribution in [2.75, 3.05) is 20.1 Å². The molecule has 3 atom stereocenters. The van der Waals surface area contributed by atoms with Crippen LogP contribution in [-0.4, -0.2) is 52.9 Å². The molecule has 2 fully saturated rings. The van der Waals surface area contributed by atoms with E-state index in [-0.39, 0.29) is 11.9 Å². The van der Waals surface area contributed by atoms with Crippen LogP contribution in [0.5, 0.6) is 0 Å². The summed E-state index contributed by atoms with van der Waals surface area (Å²) in [5.41, 5.74) is 6.34. The summed E-state index contributed by atoms with van der Waals surface area (Å²) in [6, 6.07) is 6.24. The maximum Gasteiger partial charge on any atom is 0.241 e. The molecule has 0 saturated carbocycles. The van der Waals surface area contributed by atoms with Gasteiger partial charge in [-0.3, -0.25) is 14.7 Å². The average Bonchev–Trinajstić information content (AvgIpc) is 2.89. The van der Waals surface area contributed by atoms with E-state index >= 15 is 0 Å². The summed E-state index contributed by atoms with van der Waals surface area (Å²) in [5, 5.41) is 0. The van der Waals surface area contributed by atoms with Crippen molar-refractivity contribution < 1.29 is 4.79 Å². The number of piperazine rings is 1. The van der Waals surface area contributed by atoms with E-state index in [2.05, 4.69) is 21.8 Å². The van der Waals surface area contributed by atoms with Crippen molar-refractivity contribution in [3.63, 3.8) is 0 Å². The van der Waals surface area contributed by atoms with Crippen LogP contribution in [0.15, 0.2) is 24.4 Å². The topological polar surface area (TPSA) is 62.5 Å². The van der Waals surface area contributed by atoms with Crippen LogP contribution in [0.4, 0.5) is 0 Å². The van der Waals surface area contributed by atoms with Gasteiger partial charge in [-0.05, 0) is 25.6 Å². The predicted octanol–water partition coefficient (Wildman–Crippen LogP) is -0.00370. The Morgan fingerprint density at radius 3 is 2.78 bits per heavy atom. The van der Waals surface area contributed by atoms with Gasteiger partial charge in [0, 0.05) is 31.4 Å². The van der Waals surface area contributed by atoms with Gasteiger partial charge < -0.3 is 10.6 Å². The minimum Gasteiger partial charge on any atom is -0.368 e. The molecule has 0 aromatic carbocycles. The number of hydrogen-bond acceptors (Lipinski definition) is 4. The number of hydrogen-bond donors (Lipinski definition) is 1. The van der Waals surface area contributed by atoms with Crippen LogP contribution in [0.2, 0.25) is 0 Å². The second-order valence-corrected chi connectivity index (χ2v) is 5.24. The zero-order chi connectivity index (χ0) is 12.7. The lowest BCUT2D eigenvalue weighted by molar-refractivity contribution is -0.124. The first-order chi connectivity index (χ1) is 8.66. The molecule has 96 valence electrons. The third kappa shape index (κ3) is 1.79. The van der Waals surface area contributed by atoms with Crippen LogP contribution in [0.25, 0.3) is 0 Å². The van der Waals surface area contributed by atoms with E-state index in [4.69, 9.17) is 5.73 Å². The Balaban J connectivity index is 1.87. The number of nitrogens with zero attached hydrogens (tertiary/aromatic N) is 3. The fourth-order valence-corrected chi connectivity index (χ4v) is 3.23. The van der Waals surface area contributed by atoms with Crippen molar-refractivity contribution >= 4 is 5.91 Å². The first kappa shape index (κ1) is 11.6. The van der Waals surface area contributed by atoms with E-state index in [0.29, 0.717) is 12.1 Å². The van der Waals surface area contributed by atoms with Crippen LogP contribution >= 0.6 is 0 Å². The molecule has 2 aliphatic rings. The molecule has 1 aromatic heterocycles. The average molecular weight is 246 g/mol. The summed E-state index contributed by atoms with van der Waals surface area (Å²) in [6.45, 7) is 1.92. The lowest BCUT2D eigenvalue weighted by Crippen LogP contribution is -2.49. The summed E-state index contributed by atoms with van der Waals surface area (Å²) < 4.78 is 0. The number of amides is 1. The van der Waals surface area contributed by atoms with E-state index in [1.54, 1.807) is 6.20 Å². The van der Waals surface area contributed by atoms with Crippen molar-refractivity contribution in [2.45, 2.75) is 24.5 Å². The summed E-state index contributed by atoms with van der Waals surface area (Å²) in [4.78, 5) is 20.6. The number of likely N-dealkylation sites (N-methyl/N-ethyl adjacent to an activating group) is 1. The molecule has 2 saturated heterocycles. The Morgan fingerprint density at radius 1 is 1.44 bits per heavy atom. The van der Waals surface area contributed by atoms with Gasteiger partial charge in [0.25, 0.3) is 0 Å². The van der Waals surface area contributed by atoms with Gasteiger partial charge in [0.1, 0.15) is 6.04 Å². The lowest BCUT2D eigenvalue weighted by Gasteiger charge is -2.35. The van der Waals surface area contributed by atoms with Gasteiger partial charge in [-0.15, -0.1) is 0 Å². The molecular weight excluding hydrogens is 228 g/mol. The van der Waals surface area contributed by atoms with Crippen LogP contribution in [0, 0.1) is 0 Å². The Bertz CT molecular complexity index is 448. The largest absolute Gasteiger partial charge is 0.368 e. The van der Waals surface area contributed by atoms with Gasteiger partial charge in [0.2, 0.25) is 5.91 Å². The van der Waals surface area contributed by atoms with E-state index in [1.807, 2.05) is 18.2 Å². The molecule has 2 bridgehead atoms. The van der Waals surface area contributed by atoms with Gasteiger partial charge in [0.15, 0.2) is 0 Å². The zero-order valence-electron chi connectivity index (χ0n) is 10.5. The van der Waals surface area contributed by atoms with Crippen molar-refractivity contribution in [1.82, 2.24) is 14.8 Å². The number of nitrogens with two attached hydrogens (primary N) is 1. The van der Waals surface area contributed by atoms with Gasteiger partial charge in [-0.1, -0.05) is 6.07 Å². The quantitative estimate of drug-likeness (QED) is 0.815. The highest BCUT2D eigenvalue weighted by molar-refractivity contribution is 5.81. The Hall–Kier alpha value is -1.46. The number of rotatable bonds is 3. The molecular formula is C13H18N4O. The number of primary amides is 1. The monoisotopic (exact) mass is 246 g/mol. The summed E-state index contributed by atoms with van der Waals surface area (Å²) in [7, 11) is 2.14. The van der Waals surface area contributed by atoms with Gasteiger partial charge in [0.05, 0.1) is 5.69 Å². The van der Waals surface area contributed by atoms with Crippen molar-refractivity contribution in [1.29, 1.82) is 0 Å². The van der Waals surface area contributed by atoms with E-state index in [0.717, 1.165) is 25.2 Å². The molecule has 3 heterocycles. The number of aromatic nitrogens is 1. The molecule has 1 unspecified atom stereocenters. The maximum absolute atomic E-state index is 11.8. The van der Waals surface area contributed by atoms with Crippen LogP contribution in [0.3, 0.4) is 0 Å². The third-order valence-electron chi connectivity index (χ3n) is 4.13. The second-order valence-electron chi connectivity index (χ2n) is 5.24. The summed E-state index contributed by atoms with van der Waals surface area (Å²) >= 11 is 0. The van der Waals surface area contributed by atoms with Crippen LogP contribution in [0.1, 0.15) is 18.2 Å². The van der Waals surface area contributed by atoms with E-state index in [1.165, 1.54) is 0 Å². The molecule has 0 aliphatic carbocycles. The Labute approximate surface area is 107 Å². The fourth-order valence-electron chi connectivity index (χ4n) is 3.23. The molecule has 1 aromatic rings. The number of carbonyl (C=O) groups excluding carboxylic acids is 1. The Morgan fingerprint density at radius 2 is 2.28 bits per heavy atom. The van der Waals surface area contributed by atoms with Crippen molar-refractivity contribution in [2.24, 2.45) is 5.73 Å². The first-order valence-electron chi connectivity index (χ1n) is 6.33. The normalized spacial score (nSPS) is 29.6. The number of likely N-dealkylation sites (tertiary alicyclic amines) is 2.